The Balaban J connectivity index is 2.89. The van der Waals surface area contributed by atoms with Crippen LogP contribution >= 0.6 is 0 Å². The lowest BCUT2D eigenvalue weighted by Gasteiger charge is -2.01. The van der Waals surface area contributed by atoms with Gasteiger partial charge >= 0.3 is 0 Å². The van der Waals surface area contributed by atoms with Crippen molar-refractivity contribution in [3.8, 4) is 0 Å². The standard InChI is InChI=1S/C9H11FN2/c1-7-2-3-9(10)4-8(7)5-12-6-11/h2-4,6H,5H2,1H3,(H2,11,12). The minimum atomic E-state index is -0.233. The van der Waals surface area contributed by atoms with Crippen LogP contribution in [-0.4, -0.2) is 6.34 Å². The van der Waals surface area contributed by atoms with Crippen molar-refractivity contribution >= 4 is 6.34 Å². The van der Waals surface area contributed by atoms with Crippen LogP contribution in [0.5, 0.6) is 0 Å². The number of rotatable bonds is 2. The summed E-state index contributed by atoms with van der Waals surface area (Å²) < 4.78 is 12.7. The molecule has 0 bridgehead atoms. The fourth-order valence-corrected chi connectivity index (χ4v) is 0.961. The normalized spacial score (nSPS) is 10.8. The van der Waals surface area contributed by atoms with E-state index >= 15 is 0 Å². The average Bonchev–Trinajstić information content (AvgIpc) is 2.07. The quantitative estimate of drug-likeness (QED) is 0.526. The molecule has 0 aliphatic rings. The molecule has 0 spiro atoms. The van der Waals surface area contributed by atoms with Gasteiger partial charge in [0.25, 0.3) is 0 Å². The maximum Gasteiger partial charge on any atom is 0.123 e. The first kappa shape index (κ1) is 8.71. The number of hydrogen-bond donors (Lipinski definition) is 1. The molecule has 0 heterocycles. The Morgan fingerprint density at radius 1 is 1.58 bits per heavy atom. The third-order valence-corrected chi connectivity index (χ3v) is 1.68. The lowest BCUT2D eigenvalue weighted by atomic mass is 10.1. The van der Waals surface area contributed by atoms with E-state index in [0.29, 0.717) is 6.54 Å². The first-order chi connectivity index (χ1) is 5.74. The molecule has 0 saturated carbocycles. The van der Waals surface area contributed by atoms with Crippen LogP contribution < -0.4 is 5.73 Å². The van der Waals surface area contributed by atoms with Crippen LogP contribution in [0.1, 0.15) is 11.1 Å². The molecule has 3 heteroatoms. The van der Waals surface area contributed by atoms with Gasteiger partial charge in [0.2, 0.25) is 0 Å². The summed E-state index contributed by atoms with van der Waals surface area (Å²) in [6.07, 6.45) is 1.23. The van der Waals surface area contributed by atoms with Gasteiger partial charge in [-0.1, -0.05) is 6.07 Å². The molecule has 1 aromatic rings. The van der Waals surface area contributed by atoms with Crippen molar-refractivity contribution in [3.05, 3.63) is 35.1 Å². The number of aryl methyl sites for hydroxylation is 1. The molecule has 1 rings (SSSR count). The lowest BCUT2D eigenvalue weighted by Crippen LogP contribution is -1.93. The van der Waals surface area contributed by atoms with Crippen LogP contribution in [-0.2, 0) is 6.54 Å². The Bertz CT molecular complexity index is 295. The van der Waals surface area contributed by atoms with Crippen LogP contribution in [0, 0.1) is 12.7 Å². The van der Waals surface area contributed by atoms with Crippen LogP contribution in [0.15, 0.2) is 23.2 Å². The van der Waals surface area contributed by atoms with E-state index in [0.717, 1.165) is 11.1 Å². The average molecular weight is 166 g/mol. The zero-order valence-corrected chi connectivity index (χ0v) is 6.92. The van der Waals surface area contributed by atoms with E-state index < -0.39 is 0 Å². The maximum absolute atomic E-state index is 12.7. The second kappa shape index (κ2) is 3.85. The minimum Gasteiger partial charge on any atom is -0.390 e. The van der Waals surface area contributed by atoms with Gasteiger partial charge in [0.15, 0.2) is 0 Å². The molecule has 0 saturated heterocycles. The fraction of sp³-hybridized carbons (Fsp3) is 0.222. The van der Waals surface area contributed by atoms with Crippen LogP contribution in [0.25, 0.3) is 0 Å². The van der Waals surface area contributed by atoms with E-state index in [9.17, 15) is 4.39 Å². The predicted octanol–water partition coefficient (Wildman–Crippen LogP) is 1.62. The number of benzene rings is 1. The maximum atomic E-state index is 12.7. The van der Waals surface area contributed by atoms with Crippen LogP contribution in [0.3, 0.4) is 0 Å². The molecule has 0 aliphatic carbocycles. The second-order valence-electron chi connectivity index (χ2n) is 2.56. The van der Waals surface area contributed by atoms with E-state index in [2.05, 4.69) is 4.99 Å². The van der Waals surface area contributed by atoms with E-state index in [-0.39, 0.29) is 5.82 Å². The van der Waals surface area contributed by atoms with Crippen LogP contribution in [0.4, 0.5) is 4.39 Å². The molecule has 2 N–H and O–H groups in total. The summed E-state index contributed by atoms with van der Waals surface area (Å²) in [7, 11) is 0. The summed E-state index contributed by atoms with van der Waals surface area (Å²) in [6.45, 7) is 2.36. The van der Waals surface area contributed by atoms with Gasteiger partial charge < -0.3 is 5.73 Å². The monoisotopic (exact) mass is 166 g/mol. The van der Waals surface area contributed by atoms with Gasteiger partial charge in [-0.3, -0.25) is 4.99 Å². The van der Waals surface area contributed by atoms with Crippen molar-refractivity contribution in [2.75, 3.05) is 0 Å². The molecule has 12 heavy (non-hydrogen) atoms. The highest BCUT2D eigenvalue weighted by molar-refractivity contribution is 5.51. The van der Waals surface area contributed by atoms with Gasteiger partial charge in [0, 0.05) is 0 Å². The van der Waals surface area contributed by atoms with Crippen molar-refractivity contribution in [2.45, 2.75) is 13.5 Å². The molecule has 64 valence electrons. The molecule has 0 fully saturated rings. The smallest absolute Gasteiger partial charge is 0.123 e. The molecular weight excluding hydrogens is 155 g/mol. The van der Waals surface area contributed by atoms with E-state index in [1.54, 1.807) is 6.07 Å². The van der Waals surface area contributed by atoms with Crippen molar-refractivity contribution in [1.82, 2.24) is 0 Å². The number of halogens is 1. The van der Waals surface area contributed by atoms with Crippen molar-refractivity contribution in [1.29, 1.82) is 0 Å². The number of nitrogens with zero attached hydrogens (tertiary/aromatic N) is 1. The summed E-state index contributed by atoms with van der Waals surface area (Å²) in [5, 5.41) is 0. The zero-order valence-electron chi connectivity index (χ0n) is 6.92. The Hall–Kier alpha value is -1.38. The third-order valence-electron chi connectivity index (χ3n) is 1.68. The van der Waals surface area contributed by atoms with Crippen molar-refractivity contribution in [2.24, 2.45) is 10.7 Å². The van der Waals surface area contributed by atoms with E-state index in [1.807, 2.05) is 6.92 Å². The van der Waals surface area contributed by atoms with Gasteiger partial charge in [-0.05, 0) is 30.2 Å². The molecule has 0 aliphatic heterocycles. The highest BCUT2D eigenvalue weighted by Crippen LogP contribution is 2.10. The molecule has 0 unspecified atom stereocenters. The fourth-order valence-electron chi connectivity index (χ4n) is 0.961. The summed E-state index contributed by atoms with van der Waals surface area (Å²) >= 11 is 0. The van der Waals surface area contributed by atoms with E-state index in [1.165, 1.54) is 18.5 Å². The number of hydrogen-bond acceptors (Lipinski definition) is 1. The SMILES string of the molecule is Cc1ccc(F)cc1CN=CN. The molecule has 0 atom stereocenters. The Morgan fingerprint density at radius 2 is 2.33 bits per heavy atom. The lowest BCUT2D eigenvalue weighted by molar-refractivity contribution is 0.625. The topological polar surface area (TPSA) is 38.4 Å². The first-order valence-electron chi connectivity index (χ1n) is 3.69. The van der Waals surface area contributed by atoms with Crippen molar-refractivity contribution < 1.29 is 4.39 Å². The highest BCUT2D eigenvalue weighted by Gasteiger charge is 1.97. The van der Waals surface area contributed by atoms with Crippen molar-refractivity contribution in [3.63, 3.8) is 0 Å². The third kappa shape index (κ3) is 2.05. The van der Waals surface area contributed by atoms with Crippen LogP contribution in [0.2, 0.25) is 0 Å². The minimum absolute atomic E-state index is 0.233. The summed E-state index contributed by atoms with van der Waals surface area (Å²) in [4.78, 5) is 3.83. The molecule has 0 amide bonds. The Kier molecular flexibility index (Phi) is 2.80. The largest absolute Gasteiger partial charge is 0.390 e. The summed E-state index contributed by atoms with van der Waals surface area (Å²) in [5.41, 5.74) is 6.98. The zero-order chi connectivity index (χ0) is 8.97. The molecule has 0 radical (unpaired) electrons. The van der Waals surface area contributed by atoms with Gasteiger partial charge in [-0.25, -0.2) is 4.39 Å². The Labute approximate surface area is 70.9 Å². The Morgan fingerprint density at radius 3 is 3.00 bits per heavy atom. The molecule has 1 aromatic carbocycles. The van der Waals surface area contributed by atoms with Gasteiger partial charge in [-0.15, -0.1) is 0 Å². The number of aliphatic imine (C=N–C) groups is 1. The highest BCUT2D eigenvalue weighted by atomic mass is 19.1. The molecule has 0 aromatic heterocycles. The van der Waals surface area contributed by atoms with Gasteiger partial charge in [0.1, 0.15) is 5.82 Å². The van der Waals surface area contributed by atoms with E-state index in [4.69, 9.17) is 5.73 Å². The predicted molar refractivity (Wildman–Crippen MR) is 47.5 cm³/mol. The summed E-state index contributed by atoms with van der Waals surface area (Å²) in [5.74, 6) is -0.233. The van der Waals surface area contributed by atoms with Gasteiger partial charge in [-0.2, -0.15) is 0 Å². The molecular formula is C9H11FN2. The summed E-state index contributed by atoms with van der Waals surface area (Å²) in [6, 6.07) is 4.64. The van der Waals surface area contributed by atoms with Gasteiger partial charge in [0.05, 0.1) is 12.9 Å². The number of nitrogens with two attached hydrogens (primary N) is 1. The first-order valence-corrected chi connectivity index (χ1v) is 3.69. The molecule has 2 nitrogen and oxygen atoms in total. The second-order valence-corrected chi connectivity index (χ2v) is 2.56.